The van der Waals surface area contributed by atoms with Crippen molar-refractivity contribution in [1.29, 1.82) is 0 Å². The van der Waals surface area contributed by atoms with Crippen LogP contribution in [0.5, 0.6) is 0 Å². The summed E-state index contributed by atoms with van der Waals surface area (Å²) < 4.78 is 0. The van der Waals surface area contributed by atoms with E-state index < -0.39 is 0 Å². The predicted molar refractivity (Wildman–Crippen MR) is 92.6 cm³/mol. The molecule has 3 aromatic rings. The SMILES string of the molecule is CCSc1ccc(CC(=O)Nc2ncnc3sccc23)cc1. The van der Waals surface area contributed by atoms with Gasteiger partial charge in [0.1, 0.15) is 17.0 Å². The first-order chi connectivity index (χ1) is 10.8. The highest BCUT2D eigenvalue weighted by Gasteiger charge is 2.09. The molecule has 0 unspecified atom stereocenters. The molecule has 0 aliphatic heterocycles. The largest absolute Gasteiger partial charge is 0.310 e. The van der Waals surface area contributed by atoms with E-state index >= 15 is 0 Å². The lowest BCUT2D eigenvalue weighted by Crippen LogP contribution is -2.15. The zero-order valence-corrected chi connectivity index (χ0v) is 13.7. The smallest absolute Gasteiger partial charge is 0.229 e. The van der Waals surface area contributed by atoms with Crippen molar-refractivity contribution in [3.05, 3.63) is 47.6 Å². The molecule has 0 bridgehead atoms. The molecule has 0 radical (unpaired) electrons. The average Bonchev–Trinajstić information content (AvgIpc) is 2.99. The highest BCUT2D eigenvalue weighted by Crippen LogP contribution is 2.24. The number of thiophene rings is 1. The Morgan fingerprint density at radius 2 is 2.05 bits per heavy atom. The van der Waals surface area contributed by atoms with Crippen LogP contribution in [-0.4, -0.2) is 21.6 Å². The molecule has 4 nitrogen and oxygen atoms in total. The number of aromatic nitrogens is 2. The molecular formula is C16H15N3OS2. The molecule has 3 rings (SSSR count). The fraction of sp³-hybridized carbons (Fsp3) is 0.188. The van der Waals surface area contributed by atoms with Gasteiger partial charge in [-0.3, -0.25) is 4.79 Å². The van der Waals surface area contributed by atoms with Gasteiger partial charge in [-0.05, 0) is 34.9 Å². The molecule has 22 heavy (non-hydrogen) atoms. The maximum absolute atomic E-state index is 12.2. The van der Waals surface area contributed by atoms with Crippen LogP contribution in [0.2, 0.25) is 0 Å². The van der Waals surface area contributed by atoms with Crippen LogP contribution >= 0.6 is 23.1 Å². The molecular weight excluding hydrogens is 314 g/mol. The fourth-order valence-electron chi connectivity index (χ4n) is 2.12. The van der Waals surface area contributed by atoms with Crippen LogP contribution in [0.4, 0.5) is 5.82 Å². The average molecular weight is 329 g/mol. The third kappa shape index (κ3) is 3.45. The molecule has 0 saturated carbocycles. The van der Waals surface area contributed by atoms with Gasteiger partial charge < -0.3 is 5.32 Å². The van der Waals surface area contributed by atoms with E-state index in [0.717, 1.165) is 21.5 Å². The van der Waals surface area contributed by atoms with E-state index in [0.29, 0.717) is 12.2 Å². The quantitative estimate of drug-likeness (QED) is 0.719. The summed E-state index contributed by atoms with van der Waals surface area (Å²) in [5, 5.41) is 5.70. The topological polar surface area (TPSA) is 54.9 Å². The Kier molecular flexibility index (Phi) is 4.70. The van der Waals surface area contributed by atoms with Crippen molar-refractivity contribution in [2.75, 3.05) is 11.1 Å². The van der Waals surface area contributed by atoms with Gasteiger partial charge in [-0.1, -0.05) is 19.1 Å². The second kappa shape index (κ2) is 6.89. The van der Waals surface area contributed by atoms with Crippen LogP contribution in [0, 0.1) is 0 Å². The number of fused-ring (bicyclic) bond motifs is 1. The van der Waals surface area contributed by atoms with Crippen molar-refractivity contribution in [2.24, 2.45) is 0 Å². The molecule has 112 valence electrons. The van der Waals surface area contributed by atoms with E-state index in [2.05, 4.69) is 34.3 Å². The number of hydrogen-bond acceptors (Lipinski definition) is 5. The zero-order valence-electron chi connectivity index (χ0n) is 12.1. The number of amides is 1. The first-order valence-electron chi connectivity index (χ1n) is 6.96. The number of carbonyl (C=O) groups excluding carboxylic acids is 1. The van der Waals surface area contributed by atoms with Crippen LogP contribution in [0.1, 0.15) is 12.5 Å². The molecule has 0 aliphatic rings. The number of nitrogens with one attached hydrogen (secondary N) is 1. The lowest BCUT2D eigenvalue weighted by atomic mass is 10.1. The van der Waals surface area contributed by atoms with Crippen molar-refractivity contribution < 1.29 is 4.79 Å². The minimum Gasteiger partial charge on any atom is -0.310 e. The van der Waals surface area contributed by atoms with E-state index in [1.165, 1.54) is 22.6 Å². The Hall–Kier alpha value is -1.92. The zero-order chi connectivity index (χ0) is 15.4. The summed E-state index contributed by atoms with van der Waals surface area (Å²) >= 11 is 3.33. The number of nitrogens with zero attached hydrogens (tertiary/aromatic N) is 2. The predicted octanol–water partition coefficient (Wildman–Crippen LogP) is 3.98. The standard InChI is InChI=1S/C16H15N3OS2/c1-2-21-12-5-3-11(4-6-12)9-14(20)19-15-13-7-8-22-16(13)18-10-17-15/h3-8,10H,2,9H2,1H3,(H,17,18,19,20). The lowest BCUT2D eigenvalue weighted by Gasteiger charge is -2.06. The van der Waals surface area contributed by atoms with Gasteiger partial charge in [0.2, 0.25) is 5.91 Å². The van der Waals surface area contributed by atoms with Gasteiger partial charge in [-0.15, -0.1) is 23.1 Å². The van der Waals surface area contributed by atoms with E-state index in [-0.39, 0.29) is 5.91 Å². The number of rotatable bonds is 5. The van der Waals surface area contributed by atoms with Gasteiger partial charge in [-0.25, -0.2) is 9.97 Å². The molecule has 0 atom stereocenters. The third-order valence-electron chi connectivity index (χ3n) is 3.12. The van der Waals surface area contributed by atoms with Gasteiger partial charge >= 0.3 is 0 Å². The molecule has 0 fully saturated rings. The molecule has 2 heterocycles. The first kappa shape index (κ1) is 15.0. The Labute approximate surface area is 137 Å². The molecule has 0 spiro atoms. The number of hydrogen-bond donors (Lipinski definition) is 1. The Bertz CT molecular complexity index is 783. The van der Waals surface area contributed by atoms with Gasteiger partial charge in [0.15, 0.2) is 0 Å². The van der Waals surface area contributed by atoms with E-state index in [1.54, 1.807) is 11.8 Å². The summed E-state index contributed by atoms with van der Waals surface area (Å²) in [6, 6.07) is 10.0. The van der Waals surface area contributed by atoms with Crippen molar-refractivity contribution in [1.82, 2.24) is 9.97 Å². The Morgan fingerprint density at radius 1 is 1.23 bits per heavy atom. The van der Waals surface area contributed by atoms with Crippen molar-refractivity contribution in [3.63, 3.8) is 0 Å². The lowest BCUT2D eigenvalue weighted by molar-refractivity contribution is -0.115. The van der Waals surface area contributed by atoms with Crippen LogP contribution in [0.3, 0.4) is 0 Å². The monoisotopic (exact) mass is 329 g/mol. The van der Waals surface area contributed by atoms with E-state index in [1.807, 2.05) is 23.6 Å². The molecule has 6 heteroatoms. The van der Waals surface area contributed by atoms with Crippen LogP contribution in [0.15, 0.2) is 46.9 Å². The van der Waals surface area contributed by atoms with Crippen LogP contribution in [0.25, 0.3) is 10.2 Å². The Balaban J connectivity index is 1.68. The number of benzene rings is 1. The maximum Gasteiger partial charge on any atom is 0.229 e. The number of anilines is 1. The highest BCUT2D eigenvalue weighted by molar-refractivity contribution is 7.99. The summed E-state index contributed by atoms with van der Waals surface area (Å²) in [4.78, 5) is 22.6. The van der Waals surface area contributed by atoms with E-state index in [9.17, 15) is 4.79 Å². The number of carbonyl (C=O) groups is 1. The highest BCUT2D eigenvalue weighted by atomic mass is 32.2. The van der Waals surface area contributed by atoms with Gasteiger partial charge in [0, 0.05) is 4.90 Å². The van der Waals surface area contributed by atoms with Crippen molar-refractivity contribution >= 4 is 45.0 Å². The van der Waals surface area contributed by atoms with Gasteiger partial charge in [0.25, 0.3) is 0 Å². The van der Waals surface area contributed by atoms with Gasteiger partial charge in [0.05, 0.1) is 11.8 Å². The minimum absolute atomic E-state index is 0.0675. The molecule has 0 aliphatic carbocycles. The Morgan fingerprint density at radius 3 is 2.82 bits per heavy atom. The summed E-state index contributed by atoms with van der Waals surface area (Å²) in [5.41, 5.74) is 0.994. The fourth-order valence-corrected chi connectivity index (χ4v) is 3.52. The van der Waals surface area contributed by atoms with Gasteiger partial charge in [-0.2, -0.15) is 0 Å². The molecule has 0 saturated heterocycles. The van der Waals surface area contributed by atoms with E-state index in [4.69, 9.17) is 0 Å². The summed E-state index contributed by atoms with van der Waals surface area (Å²) in [5.74, 6) is 1.56. The molecule has 1 aromatic carbocycles. The van der Waals surface area contributed by atoms with Crippen molar-refractivity contribution in [2.45, 2.75) is 18.2 Å². The van der Waals surface area contributed by atoms with Crippen LogP contribution < -0.4 is 5.32 Å². The summed E-state index contributed by atoms with van der Waals surface area (Å²) in [7, 11) is 0. The molecule has 1 N–H and O–H groups in total. The molecule has 2 aromatic heterocycles. The van der Waals surface area contributed by atoms with Crippen molar-refractivity contribution in [3.8, 4) is 0 Å². The maximum atomic E-state index is 12.2. The molecule has 1 amide bonds. The van der Waals surface area contributed by atoms with Crippen LogP contribution in [-0.2, 0) is 11.2 Å². The first-order valence-corrected chi connectivity index (χ1v) is 8.82. The number of thioether (sulfide) groups is 1. The second-order valence-corrected chi connectivity index (χ2v) is 6.90. The third-order valence-corrected chi connectivity index (χ3v) is 4.83. The summed E-state index contributed by atoms with van der Waals surface area (Å²) in [6.45, 7) is 2.12. The normalized spacial score (nSPS) is 10.8. The minimum atomic E-state index is -0.0675. The summed E-state index contributed by atoms with van der Waals surface area (Å²) in [6.07, 6.45) is 1.82. The second-order valence-electron chi connectivity index (χ2n) is 4.66.